The molecule has 2 aliphatic heterocycles. The summed E-state index contributed by atoms with van der Waals surface area (Å²) in [4.78, 5) is 13.5. The molecule has 140 valence electrons. The SMILES string of the molecule is Cc1ncc(N2CCC3(CC2)C[C@H](C)N(c2ccc(C#N)c(Cl)c2)C3)cn1. The van der Waals surface area contributed by atoms with Crippen LogP contribution in [0.3, 0.4) is 0 Å². The van der Waals surface area contributed by atoms with E-state index in [2.05, 4.69) is 32.8 Å². The average molecular weight is 382 g/mol. The van der Waals surface area contributed by atoms with Gasteiger partial charge in [-0.15, -0.1) is 0 Å². The molecule has 0 aliphatic carbocycles. The molecule has 1 spiro atoms. The van der Waals surface area contributed by atoms with Crippen molar-refractivity contribution in [2.75, 3.05) is 29.4 Å². The number of rotatable bonds is 2. The molecular weight excluding hydrogens is 358 g/mol. The maximum absolute atomic E-state index is 9.10. The lowest BCUT2D eigenvalue weighted by molar-refractivity contribution is 0.245. The molecule has 3 heterocycles. The Morgan fingerprint density at radius 2 is 1.89 bits per heavy atom. The van der Waals surface area contributed by atoms with Crippen molar-refractivity contribution >= 4 is 23.0 Å². The van der Waals surface area contributed by atoms with Gasteiger partial charge in [-0.3, -0.25) is 0 Å². The van der Waals surface area contributed by atoms with Crippen molar-refractivity contribution in [1.82, 2.24) is 9.97 Å². The standard InChI is InChI=1S/C21H24ClN5/c1-15-10-21(14-27(15)18-4-3-17(11-23)20(22)9-18)5-7-26(8-6-21)19-12-24-16(2)25-13-19/h3-4,9,12-13,15H,5-8,10,14H2,1-2H3/t15-/m0/s1. The molecule has 6 heteroatoms. The summed E-state index contributed by atoms with van der Waals surface area (Å²) >= 11 is 6.26. The van der Waals surface area contributed by atoms with E-state index >= 15 is 0 Å². The highest BCUT2D eigenvalue weighted by atomic mass is 35.5. The summed E-state index contributed by atoms with van der Waals surface area (Å²) in [6.07, 6.45) is 7.41. The number of piperidine rings is 1. The number of halogens is 1. The summed E-state index contributed by atoms with van der Waals surface area (Å²) in [5, 5.41) is 9.64. The van der Waals surface area contributed by atoms with Crippen molar-refractivity contribution < 1.29 is 0 Å². The molecule has 1 atom stereocenters. The van der Waals surface area contributed by atoms with Crippen LogP contribution in [0.1, 0.15) is 37.6 Å². The molecule has 0 saturated carbocycles. The van der Waals surface area contributed by atoms with Gasteiger partial charge in [0, 0.05) is 31.4 Å². The maximum atomic E-state index is 9.10. The predicted octanol–water partition coefficient (Wildman–Crippen LogP) is 4.20. The first-order valence-electron chi connectivity index (χ1n) is 9.50. The molecule has 0 amide bonds. The molecular formula is C21H24ClN5. The molecule has 2 aromatic rings. The minimum atomic E-state index is 0.349. The Morgan fingerprint density at radius 1 is 1.19 bits per heavy atom. The lowest BCUT2D eigenvalue weighted by Crippen LogP contribution is -2.41. The highest BCUT2D eigenvalue weighted by Crippen LogP contribution is 2.45. The van der Waals surface area contributed by atoms with Gasteiger partial charge in [0.05, 0.1) is 28.7 Å². The van der Waals surface area contributed by atoms with Gasteiger partial charge in [-0.1, -0.05) is 11.6 Å². The van der Waals surface area contributed by atoms with E-state index in [-0.39, 0.29) is 0 Å². The molecule has 0 N–H and O–H groups in total. The lowest BCUT2D eigenvalue weighted by Gasteiger charge is -2.40. The normalized spacial score (nSPS) is 21.5. The summed E-state index contributed by atoms with van der Waals surface area (Å²) in [7, 11) is 0. The molecule has 2 saturated heterocycles. The number of benzene rings is 1. The van der Waals surface area contributed by atoms with Crippen LogP contribution in [0.4, 0.5) is 11.4 Å². The van der Waals surface area contributed by atoms with Crippen molar-refractivity contribution in [2.24, 2.45) is 5.41 Å². The average Bonchev–Trinajstić information content (AvgIpc) is 2.99. The third-order valence-corrected chi connectivity index (χ3v) is 6.44. The molecule has 2 fully saturated rings. The summed E-state index contributed by atoms with van der Waals surface area (Å²) in [5.41, 5.74) is 3.13. The summed E-state index contributed by atoms with van der Waals surface area (Å²) in [5.74, 6) is 0.813. The number of hydrogen-bond acceptors (Lipinski definition) is 5. The summed E-state index contributed by atoms with van der Waals surface area (Å²) < 4.78 is 0. The van der Waals surface area contributed by atoms with Crippen molar-refractivity contribution in [3.8, 4) is 6.07 Å². The fourth-order valence-electron chi connectivity index (χ4n) is 4.59. The zero-order valence-electron chi connectivity index (χ0n) is 15.8. The first-order chi connectivity index (χ1) is 13.0. The van der Waals surface area contributed by atoms with Crippen LogP contribution in [0.25, 0.3) is 0 Å². The first-order valence-corrected chi connectivity index (χ1v) is 9.87. The summed E-state index contributed by atoms with van der Waals surface area (Å²) in [6.45, 7) is 7.34. The van der Waals surface area contributed by atoms with Crippen LogP contribution in [-0.2, 0) is 0 Å². The van der Waals surface area contributed by atoms with Crippen LogP contribution < -0.4 is 9.80 Å². The lowest BCUT2D eigenvalue weighted by atomic mass is 9.76. The Kier molecular flexibility index (Phi) is 4.69. The second kappa shape index (κ2) is 7.01. The molecule has 4 rings (SSSR count). The van der Waals surface area contributed by atoms with Crippen LogP contribution in [0, 0.1) is 23.7 Å². The second-order valence-electron chi connectivity index (χ2n) is 7.93. The van der Waals surface area contributed by atoms with Gasteiger partial charge >= 0.3 is 0 Å². The van der Waals surface area contributed by atoms with E-state index in [1.54, 1.807) is 0 Å². The van der Waals surface area contributed by atoms with Crippen molar-refractivity contribution in [3.05, 3.63) is 47.0 Å². The monoisotopic (exact) mass is 381 g/mol. The molecule has 1 aromatic carbocycles. The zero-order chi connectivity index (χ0) is 19.0. The maximum Gasteiger partial charge on any atom is 0.125 e. The fourth-order valence-corrected chi connectivity index (χ4v) is 4.81. The first kappa shape index (κ1) is 18.1. The van der Waals surface area contributed by atoms with Gasteiger partial charge < -0.3 is 9.80 Å². The van der Waals surface area contributed by atoms with E-state index in [0.717, 1.165) is 36.8 Å². The van der Waals surface area contributed by atoms with Crippen molar-refractivity contribution in [2.45, 2.75) is 39.2 Å². The fraction of sp³-hybridized carbons (Fsp3) is 0.476. The topological polar surface area (TPSA) is 56.1 Å². The Bertz CT molecular complexity index is 865. The van der Waals surface area contributed by atoms with Gasteiger partial charge in [0.2, 0.25) is 0 Å². The molecule has 0 unspecified atom stereocenters. The minimum Gasteiger partial charge on any atom is -0.369 e. The number of aryl methyl sites for hydroxylation is 1. The van der Waals surface area contributed by atoms with E-state index < -0.39 is 0 Å². The van der Waals surface area contributed by atoms with Crippen LogP contribution in [0.2, 0.25) is 5.02 Å². The molecule has 0 radical (unpaired) electrons. The minimum absolute atomic E-state index is 0.349. The van der Waals surface area contributed by atoms with Crippen molar-refractivity contribution in [1.29, 1.82) is 5.26 Å². The predicted molar refractivity (Wildman–Crippen MR) is 108 cm³/mol. The number of nitrogens with zero attached hydrogens (tertiary/aromatic N) is 5. The van der Waals surface area contributed by atoms with Gasteiger partial charge in [-0.05, 0) is 56.7 Å². The van der Waals surface area contributed by atoms with E-state index in [1.807, 2.05) is 37.5 Å². The van der Waals surface area contributed by atoms with Crippen LogP contribution in [-0.4, -0.2) is 35.6 Å². The molecule has 5 nitrogen and oxygen atoms in total. The van der Waals surface area contributed by atoms with Gasteiger partial charge in [0.15, 0.2) is 0 Å². The number of anilines is 2. The van der Waals surface area contributed by atoms with Gasteiger partial charge in [0.1, 0.15) is 11.9 Å². The summed E-state index contributed by atoms with van der Waals surface area (Å²) in [6, 6.07) is 8.41. The molecule has 2 aliphatic rings. The van der Waals surface area contributed by atoms with Crippen LogP contribution in [0.5, 0.6) is 0 Å². The van der Waals surface area contributed by atoms with E-state index in [9.17, 15) is 0 Å². The largest absolute Gasteiger partial charge is 0.369 e. The van der Waals surface area contributed by atoms with Crippen LogP contribution in [0.15, 0.2) is 30.6 Å². The van der Waals surface area contributed by atoms with Gasteiger partial charge in [0.25, 0.3) is 0 Å². The van der Waals surface area contributed by atoms with E-state index in [4.69, 9.17) is 16.9 Å². The molecule has 1 aromatic heterocycles. The third kappa shape index (κ3) is 3.46. The number of aromatic nitrogens is 2. The smallest absolute Gasteiger partial charge is 0.125 e. The molecule has 0 bridgehead atoms. The van der Waals surface area contributed by atoms with E-state index in [1.165, 1.54) is 19.3 Å². The highest BCUT2D eigenvalue weighted by Gasteiger charge is 2.44. The van der Waals surface area contributed by atoms with Gasteiger partial charge in [-0.2, -0.15) is 5.26 Å². The number of hydrogen-bond donors (Lipinski definition) is 0. The van der Waals surface area contributed by atoms with E-state index in [0.29, 0.717) is 22.0 Å². The second-order valence-corrected chi connectivity index (χ2v) is 8.34. The zero-order valence-corrected chi connectivity index (χ0v) is 16.6. The highest BCUT2D eigenvalue weighted by molar-refractivity contribution is 6.32. The quantitative estimate of drug-likeness (QED) is 0.780. The Morgan fingerprint density at radius 3 is 2.52 bits per heavy atom. The van der Waals surface area contributed by atoms with Crippen molar-refractivity contribution in [3.63, 3.8) is 0 Å². The van der Waals surface area contributed by atoms with Crippen LogP contribution >= 0.6 is 11.6 Å². The van der Waals surface area contributed by atoms with Gasteiger partial charge in [-0.25, -0.2) is 9.97 Å². The Labute approximate surface area is 165 Å². The number of nitriles is 1. The third-order valence-electron chi connectivity index (χ3n) is 6.13. The Balaban J connectivity index is 1.46. The Hall–Kier alpha value is -2.32. The molecule has 27 heavy (non-hydrogen) atoms.